The number of hydrogen-bond acceptors (Lipinski definition) is 1. The zero-order valence-electron chi connectivity index (χ0n) is 7.96. The Balaban J connectivity index is 4.40. The van der Waals surface area contributed by atoms with Gasteiger partial charge in [-0.15, -0.1) is 0 Å². The Morgan fingerprint density at radius 1 is 1.50 bits per heavy atom. The summed E-state index contributed by atoms with van der Waals surface area (Å²) in [5.41, 5.74) is 0.847. The summed E-state index contributed by atoms with van der Waals surface area (Å²) in [6, 6.07) is 0. The third-order valence-corrected chi connectivity index (χ3v) is 2.07. The van der Waals surface area contributed by atoms with Crippen LogP contribution in [0, 0.1) is 5.92 Å². The number of rotatable bonds is 5. The average molecular weight is 166 g/mol. The van der Waals surface area contributed by atoms with Gasteiger partial charge in [-0.05, 0) is 11.5 Å². The Bertz CT molecular complexity index is 179. The topological polar surface area (TPSA) is 20.2 Å². The second kappa shape index (κ2) is 5.78. The smallest absolute Gasteiger partial charge is 0.0815 e. The Kier molecular flexibility index (Phi) is 5.39. The molecule has 0 aliphatic heterocycles. The zero-order valence-corrected chi connectivity index (χ0v) is 7.96. The molecule has 12 heavy (non-hydrogen) atoms. The maximum Gasteiger partial charge on any atom is 0.0815 e. The van der Waals surface area contributed by atoms with E-state index in [2.05, 4.69) is 20.1 Å². The van der Waals surface area contributed by atoms with E-state index in [9.17, 15) is 5.11 Å². The van der Waals surface area contributed by atoms with E-state index in [1.165, 1.54) is 0 Å². The normalized spacial score (nSPS) is 16.8. The maximum atomic E-state index is 9.72. The molecule has 0 saturated heterocycles. The van der Waals surface area contributed by atoms with Crippen LogP contribution in [0.3, 0.4) is 0 Å². The van der Waals surface area contributed by atoms with Crippen molar-refractivity contribution in [3.05, 3.63) is 37.0 Å². The number of aliphatic hydroxyl groups excluding tert-OH is 1. The molecule has 2 atom stereocenters. The summed E-state index contributed by atoms with van der Waals surface area (Å²) < 4.78 is 0. The van der Waals surface area contributed by atoms with Gasteiger partial charge < -0.3 is 5.11 Å². The van der Waals surface area contributed by atoms with Crippen LogP contribution in [0.25, 0.3) is 0 Å². The molecular formula is C11H18O. The Labute approximate surface area is 75.1 Å². The van der Waals surface area contributed by atoms with Crippen LogP contribution < -0.4 is 0 Å². The molecule has 0 fully saturated rings. The van der Waals surface area contributed by atoms with Crippen molar-refractivity contribution < 1.29 is 5.11 Å². The molecule has 0 heterocycles. The van der Waals surface area contributed by atoms with E-state index in [0.717, 1.165) is 12.0 Å². The highest BCUT2D eigenvalue weighted by Gasteiger charge is 2.13. The van der Waals surface area contributed by atoms with E-state index in [-0.39, 0.29) is 5.92 Å². The van der Waals surface area contributed by atoms with Gasteiger partial charge in [-0.2, -0.15) is 0 Å². The standard InChI is InChI=1S/C11H18O/c1-5-8-10(7-3)11(12)9(4)6-2/h5,7-9,11-12H,1,3,6H2,2,4H3/b10-8+. The number of allylic oxidation sites excluding steroid dienone is 2. The van der Waals surface area contributed by atoms with Crippen LogP contribution in [0.5, 0.6) is 0 Å². The van der Waals surface area contributed by atoms with E-state index < -0.39 is 6.10 Å². The van der Waals surface area contributed by atoms with Gasteiger partial charge in [0.15, 0.2) is 0 Å². The third-order valence-electron chi connectivity index (χ3n) is 2.07. The van der Waals surface area contributed by atoms with E-state index in [1.54, 1.807) is 18.2 Å². The predicted octanol–water partition coefficient (Wildman–Crippen LogP) is 2.69. The second-order valence-electron chi connectivity index (χ2n) is 2.94. The Morgan fingerprint density at radius 2 is 2.08 bits per heavy atom. The van der Waals surface area contributed by atoms with Gasteiger partial charge in [-0.1, -0.05) is 51.7 Å². The van der Waals surface area contributed by atoms with Crippen LogP contribution in [0.1, 0.15) is 20.3 Å². The highest BCUT2D eigenvalue weighted by atomic mass is 16.3. The molecule has 2 unspecified atom stereocenters. The van der Waals surface area contributed by atoms with Crippen LogP contribution in [0.15, 0.2) is 37.0 Å². The highest BCUT2D eigenvalue weighted by Crippen LogP contribution is 2.16. The first-order valence-electron chi connectivity index (χ1n) is 4.30. The van der Waals surface area contributed by atoms with Crippen molar-refractivity contribution in [2.45, 2.75) is 26.4 Å². The lowest BCUT2D eigenvalue weighted by Gasteiger charge is -2.17. The van der Waals surface area contributed by atoms with Crippen molar-refractivity contribution in [2.75, 3.05) is 0 Å². The monoisotopic (exact) mass is 166 g/mol. The molecule has 0 spiro atoms. The third kappa shape index (κ3) is 3.05. The fourth-order valence-corrected chi connectivity index (χ4v) is 0.975. The van der Waals surface area contributed by atoms with Gasteiger partial charge in [0.25, 0.3) is 0 Å². The van der Waals surface area contributed by atoms with Gasteiger partial charge >= 0.3 is 0 Å². The second-order valence-corrected chi connectivity index (χ2v) is 2.94. The molecule has 68 valence electrons. The Morgan fingerprint density at radius 3 is 2.42 bits per heavy atom. The van der Waals surface area contributed by atoms with Crippen molar-refractivity contribution in [3.8, 4) is 0 Å². The minimum Gasteiger partial charge on any atom is -0.388 e. The van der Waals surface area contributed by atoms with Gasteiger partial charge in [-0.25, -0.2) is 0 Å². The molecule has 1 heteroatoms. The van der Waals surface area contributed by atoms with E-state index in [0.29, 0.717) is 0 Å². The molecule has 0 amide bonds. The van der Waals surface area contributed by atoms with Gasteiger partial charge in [0.2, 0.25) is 0 Å². The van der Waals surface area contributed by atoms with Crippen LogP contribution in [-0.4, -0.2) is 11.2 Å². The molecule has 0 aromatic heterocycles. The average Bonchev–Trinajstić information content (AvgIpc) is 2.11. The van der Waals surface area contributed by atoms with Crippen molar-refractivity contribution in [2.24, 2.45) is 5.92 Å². The fraction of sp³-hybridized carbons (Fsp3) is 0.455. The minimum atomic E-state index is -0.412. The van der Waals surface area contributed by atoms with Crippen LogP contribution in [0.2, 0.25) is 0 Å². The Hall–Kier alpha value is -0.820. The van der Waals surface area contributed by atoms with Crippen LogP contribution in [-0.2, 0) is 0 Å². The van der Waals surface area contributed by atoms with Gasteiger partial charge in [0, 0.05) is 0 Å². The number of hydrogen-bond donors (Lipinski definition) is 1. The minimum absolute atomic E-state index is 0.272. The molecule has 1 N–H and O–H groups in total. The fourth-order valence-electron chi connectivity index (χ4n) is 0.975. The van der Waals surface area contributed by atoms with Gasteiger partial charge in [0.1, 0.15) is 0 Å². The van der Waals surface area contributed by atoms with Crippen LogP contribution in [0.4, 0.5) is 0 Å². The van der Waals surface area contributed by atoms with Crippen molar-refractivity contribution in [1.29, 1.82) is 0 Å². The lowest BCUT2D eigenvalue weighted by atomic mass is 9.95. The first-order valence-corrected chi connectivity index (χ1v) is 4.30. The summed E-state index contributed by atoms with van der Waals surface area (Å²) in [5, 5.41) is 9.72. The SMILES string of the molecule is C=C/C=C(\C=C)C(O)C(C)CC. The predicted molar refractivity (Wildman–Crippen MR) is 53.9 cm³/mol. The van der Waals surface area contributed by atoms with E-state index >= 15 is 0 Å². The van der Waals surface area contributed by atoms with Crippen molar-refractivity contribution in [3.63, 3.8) is 0 Å². The zero-order chi connectivity index (χ0) is 9.56. The summed E-state index contributed by atoms with van der Waals surface area (Å²) in [6.45, 7) is 11.3. The first kappa shape index (κ1) is 11.2. The number of aliphatic hydroxyl groups is 1. The molecule has 1 nitrogen and oxygen atoms in total. The molecule has 0 radical (unpaired) electrons. The van der Waals surface area contributed by atoms with Gasteiger partial charge in [0.05, 0.1) is 6.10 Å². The maximum absolute atomic E-state index is 9.72. The quantitative estimate of drug-likeness (QED) is 0.622. The lowest BCUT2D eigenvalue weighted by Crippen LogP contribution is -2.18. The van der Waals surface area contributed by atoms with Crippen molar-refractivity contribution in [1.82, 2.24) is 0 Å². The highest BCUT2D eigenvalue weighted by molar-refractivity contribution is 5.25. The molecule has 0 saturated carbocycles. The largest absolute Gasteiger partial charge is 0.388 e. The first-order chi connectivity index (χ1) is 5.67. The van der Waals surface area contributed by atoms with Gasteiger partial charge in [-0.3, -0.25) is 0 Å². The van der Waals surface area contributed by atoms with E-state index in [1.807, 2.05) is 6.92 Å². The molecule has 0 rings (SSSR count). The molecule has 0 aromatic carbocycles. The molecule has 0 bridgehead atoms. The van der Waals surface area contributed by atoms with E-state index in [4.69, 9.17) is 0 Å². The molecular weight excluding hydrogens is 148 g/mol. The summed E-state index contributed by atoms with van der Waals surface area (Å²) in [7, 11) is 0. The summed E-state index contributed by atoms with van der Waals surface area (Å²) in [5.74, 6) is 0.272. The van der Waals surface area contributed by atoms with Crippen LogP contribution >= 0.6 is 0 Å². The van der Waals surface area contributed by atoms with Crippen molar-refractivity contribution >= 4 is 0 Å². The lowest BCUT2D eigenvalue weighted by molar-refractivity contribution is 0.152. The summed E-state index contributed by atoms with van der Waals surface area (Å²) in [6.07, 6.45) is 5.69. The molecule has 0 aromatic rings. The summed E-state index contributed by atoms with van der Waals surface area (Å²) >= 11 is 0. The molecule has 0 aliphatic rings. The summed E-state index contributed by atoms with van der Waals surface area (Å²) in [4.78, 5) is 0. The molecule has 0 aliphatic carbocycles.